The lowest BCUT2D eigenvalue weighted by molar-refractivity contribution is 0.0876. The summed E-state index contributed by atoms with van der Waals surface area (Å²) >= 11 is 0. The molecule has 5 rings (SSSR count). The molecule has 2 aromatic rings. The standard InChI is InChI=1S/C20H21N5O2/c1-10-12-9-22-14(21)8-13(12)23-16-15(10)11(2)17-18(26)24-20(25(17)19(16)27)6-4-3-5-7-20/h8-9,23H,1,3-7H2,2H3,(H2,21,22)(H,24,26). The summed E-state index contributed by atoms with van der Waals surface area (Å²) in [5.74, 6) is 0.194. The zero-order valence-electron chi connectivity index (χ0n) is 15.2. The van der Waals surface area contributed by atoms with E-state index in [1.807, 2.05) is 6.92 Å². The van der Waals surface area contributed by atoms with Crippen molar-refractivity contribution in [3.8, 4) is 0 Å². The first-order chi connectivity index (χ1) is 12.9. The lowest BCUT2D eigenvalue weighted by atomic mass is 9.87. The van der Waals surface area contributed by atoms with Crippen molar-refractivity contribution in [3.05, 3.63) is 51.6 Å². The van der Waals surface area contributed by atoms with Crippen molar-refractivity contribution >= 4 is 28.7 Å². The Morgan fingerprint density at radius 1 is 1.26 bits per heavy atom. The summed E-state index contributed by atoms with van der Waals surface area (Å²) in [6.07, 6.45) is 6.31. The molecule has 0 atom stereocenters. The lowest BCUT2D eigenvalue weighted by Gasteiger charge is -2.36. The maximum absolute atomic E-state index is 13.5. The number of nitrogens with two attached hydrogens (primary N) is 1. The minimum Gasteiger partial charge on any atom is -0.384 e. The van der Waals surface area contributed by atoms with Gasteiger partial charge in [-0.25, -0.2) is 4.98 Å². The number of fused-ring (bicyclic) bond motifs is 4. The number of carbonyl (C=O) groups excluding carboxylic acids is 1. The van der Waals surface area contributed by atoms with E-state index in [0.29, 0.717) is 34.0 Å². The van der Waals surface area contributed by atoms with Gasteiger partial charge in [0, 0.05) is 23.4 Å². The van der Waals surface area contributed by atoms with Crippen LogP contribution in [0.25, 0.3) is 5.57 Å². The van der Waals surface area contributed by atoms with Crippen LogP contribution in [-0.4, -0.2) is 15.5 Å². The number of hydrogen-bond donors (Lipinski definition) is 3. The Morgan fingerprint density at radius 2 is 2.00 bits per heavy atom. The van der Waals surface area contributed by atoms with Crippen LogP contribution >= 0.6 is 0 Å². The van der Waals surface area contributed by atoms with Crippen LogP contribution < -0.4 is 21.9 Å². The Kier molecular flexibility index (Phi) is 3.11. The molecule has 0 radical (unpaired) electrons. The molecular weight excluding hydrogens is 342 g/mol. The van der Waals surface area contributed by atoms with Gasteiger partial charge in [-0.2, -0.15) is 0 Å². The molecule has 4 heterocycles. The number of hydrogen-bond acceptors (Lipinski definition) is 5. The summed E-state index contributed by atoms with van der Waals surface area (Å²) in [5.41, 5.74) is 9.57. The summed E-state index contributed by atoms with van der Waals surface area (Å²) in [4.78, 5) is 30.5. The largest absolute Gasteiger partial charge is 0.384 e. The van der Waals surface area contributed by atoms with Gasteiger partial charge in [0.25, 0.3) is 11.5 Å². The molecule has 7 nitrogen and oxygen atoms in total. The smallest absolute Gasteiger partial charge is 0.277 e. The maximum Gasteiger partial charge on any atom is 0.277 e. The van der Waals surface area contributed by atoms with Gasteiger partial charge < -0.3 is 16.4 Å². The molecule has 1 saturated carbocycles. The molecule has 0 bridgehead atoms. The maximum atomic E-state index is 13.5. The minimum atomic E-state index is -0.609. The van der Waals surface area contributed by atoms with Crippen LogP contribution in [0.4, 0.5) is 17.2 Å². The lowest BCUT2D eigenvalue weighted by Crippen LogP contribution is -2.49. The van der Waals surface area contributed by atoms with Gasteiger partial charge in [-0.15, -0.1) is 0 Å². The number of carbonyl (C=O) groups is 1. The van der Waals surface area contributed by atoms with Crippen LogP contribution in [0.15, 0.2) is 23.6 Å². The van der Waals surface area contributed by atoms with Crippen LogP contribution in [0.3, 0.4) is 0 Å². The summed E-state index contributed by atoms with van der Waals surface area (Å²) in [7, 11) is 0. The molecule has 2 aliphatic heterocycles. The van der Waals surface area contributed by atoms with Crippen LogP contribution in [0.2, 0.25) is 0 Å². The van der Waals surface area contributed by atoms with Gasteiger partial charge in [-0.05, 0) is 43.7 Å². The molecule has 2 aromatic heterocycles. The van der Waals surface area contributed by atoms with E-state index in [4.69, 9.17) is 5.73 Å². The molecule has 1 fully saturated rings. The predicted molar refractivity (Wildman–Crippen MR) is 104 cm³/mol. The van der Waals surface area contributed by atoms with Gasteiger partial charge in [-0.3, -0.25) is 14.2 Å². The minimum absolute atomic E-state index is 0.177. The first-order valence-electron chi connectivity index (χ1n) is 9.28. The van der Waals surface area contributed by atoms with E-state index in [0.717, 1.165) is 43.2 Å². The van der Waals surface area contributed by atoms with E-state index in [9.17, 15) is 9.59 Å². The van der Waals surface area contributed by atoms with E-state index in [1.165, 1.54) is 0 Å². The Hall–Kier alpha value is -3.09. The second-order valence-electron chi connectivity index (χ2n) is 7.67. The number of rotatable bonds is 0. The molecule has 138 valence electrons. The second kappa shape index (κ2) is 5.22. The van der Waals surface area contributed by atoms with Crippen molar-refractivity contribution in [1.29, 1.82) is 0 Å². The van der Waals surface area contributed by atoms with Gasteiger partial charge >= 0.3 is 0 Å². The molecular formula is C20H21N5O2. The van der Waals surface area contributed by atoms with Crippen LogP contribution in [0.5, 0.6) is 0 Å². The zero-order chi connectivity index (χ0) is 18.9. The molecule has 1 spiro atoms. The third kappa shape index (κ3) is 1.99. The van der Waals surface area contributed by atoms with Crippen molar-refractivity contribution in [1.82, 2.24) is 14.9 Å². The summed E-state index contributed by atoms with van der Waals surface area (Å²) in [6.45, 7) is 6.07. The van der Waals surface area contributed by atoms with Crippen LogP contribution in [0.1, 0.15) is 59.3 Å². The average molecular weight is 363 g/mol. The predicted octanol–water partition coefficient (Wildman–Crippen LogP) is 2.61. The fraction of sp³-hybridized carbons (Fsp3) is 0.350. The number of nitrogens with one attached hydrogen (secondary N) is 2. The van der Waals surface area contributed by atoms with Crippen LogP contribution in [0, 0.1) is 6.92 Å². The molecule has 7 heteroatoms. The molecule has 0 unspecified atom stereocenters. The summed E-state index contributed by atoms with van der Waals surface area (Å²) in [5, 5.41) is 6.35. The molecule has 27 heavy (non-hydrogen) atoms. The third-order valence-electron chi connectivity index (χ3n) is 6.10. The Bertz CT molecular complexity index is 1090. The number of nitrogen functional groups attached to an aromatic ring is 1. The van der Waals surface area contributed by atoms with Crippen molar-refractivity contribution in [2.75, 3.05) is 11.1 Å². The van der Waals surface area contributed by atoms with Gasteiger partial charge in [-0.1, -0.05) is 13.0 Å². The van der Waals surface area contributed by atoms with Crippen molar-refractivity contribution in [3.63, 3.8) is 0 Å². The quantitative estimate of drug-likeness (QED) is 0.570. The van der Waals surface area contributed by atoms with E-state index < -0.39 is 5.66 Å². The Labute approximate surface area is 156 Å². The van der Waals surface area contributed by atoms with Crippen molar-refractivity contribution in [2.45, 2.75) is 44.7 Å². The third-order valence-corrected chi connectivity index (χ3v) is 6.10. The molecule has 1 aliphatic carbocycles. The number of anilines is 3. The second-order valence-corrected chi connectivity index (χ2v) is 7.67. The monoisotopic (exact) mass is 363 g/mol. The highest BCUT2D eigenvalue weighted by molar-refractivity contribution is 6.03. The number of amides is 1. The average Bonchev–Trinajstić information content (AvgIpc) is 2.91. The molecule has 1 amide bonds. The first-order valence-corrected chi connectivity index (χ1v) is 9.28. The highest BCUT2D eigenvalue weighted by atomic mass is 16.2. The highest BCUT2D eigenvalue weighted by Gasteiger charge is 2.46. The fourth-order valence-electron chi connectivity index (χ4n) is 4.86. The topological polar surface area (TPSA) is 102 Å². The van der Waals surface area contributed by atoms with E-state index in [2.05, 4.69) is 22.2 Å². The Balaban J connectivity index is 1.80. The van der Waals surface area contributed by atoms with Gasteiger partial charge in [0.05, 0.1) is 5.69 Å². The Morgan fingerprint density at radius 3 is 2.74 bits per heavy atom. The van der Waals surface area contributed by atoms with Gasteiger partial charge in [0.2, 0.25) is 0 Å². The van der Waals surface area contributed by atoms with E-state index in [1.54, 1.807) is 16.8 Å². The van der Waals surface area contributed by atoms with Gasteiger partial charge in [0.15, 0.2) is 0 Å². The van der Waals surface area contributed by atoms with Crippen LogP contribution in [-0.2, 0) is 5.66 Å². The molecule has 0 aromatic carbocycles. The molecule has 0 saturated heterocycles. The number of pyridine rings is 2. The summed E-state index contributed by atoms with van der Waals surface area (Å²) < 4.78 is 1.69. The van der Waals surface area contributed by atoms with Gasteiger partial charge in [0.1, 0.15) is 22.9 Å². The highest BCUT2D eigenvalue weighted by Crippen LogP contribution is 2.44. The number of nitrogens with zero attached hydrogens (tertiary/aromatic N) is 2. The first kappa shape index (κ1) is 16.1. The zero-order valence-corrected chi connectivity index (χ0v) is 15.2. The summed E-state index contributed by atoms with van der Waals surface area (Å²) in [6, 6.07) is 1.70. The molecule has 3 aliphatic rings. The number of aromatic nitrogens is 2. The van der Waals surface area contributed by atoms with Crippen molar-refractivity contribution < 1.29 is 4.79 Å². The normalized spacial score (nSPS) is 19.1. The van der Waals surface area contributed by atoms with E-state index in [-0.39, 0.29) is 11.5 Å². The molecule has 4 N–H and O–H groups in total. The fourth-order valence-corrected chi connectivity index (χ4v) is 4.86. The van der Waals surface area contributed by atoms with Crippen molar-refractivity contribution in [2.24, 2.45) is 0 Å². The SMILES string of the molecule is C=C1c2cnc(N)cc2Nc2c1c(C)c1n(c2=O)C2(CCCCC2)NC1=O. The van der Waals surface area contributed by atoms with E-state index >= 15 is 0 Å².